The van der Waals surface area contributed by atoms with Crippen LogP contribution in [0.5, 0.6) is 0 Å². The zero-order valence-electron chi connectivity index (χ0n) is 20.0. The largest absolute Gasteiger partial charge is 0.444 e. The van der Waals surface area contributed by atoms with E-state index in [4.69, 9.17) is 4.74 Å². The number of amides is 1. The van der Waals surface area contributed by atoms with Crippen molar-refractivity contribution in [2.75, 3.05) is 18.0 Å². The van der Waals surface area contributed by atoms with Crippen LogP contribution in [-0.4, -0.2) is 44.9 Å². The van der Waals surface area contributed by atoms with E-state index in [2.05, 4.69) is 21.3 Å². The third-order valence-electron chi connectivity index (χ3n) is 5.87. The summed E-state index contributed by atoms with van der Waals surface area (Å²) < 4.78 is 8.68. The first-order chi connectivity index (χ1) is 16.2. The number of carbonyl (C=O) groups is 1. The Labute approximate surface area is 198 Å². The number of pyridine rings is 1. The van der Waals surface area contributed by atoms with Crippen LogP contribution in [0.2, 0.25) is 0 Å². The molecule has 0 radical (unpaired) electrons. The minimum absolute atomic E-state index is 0.0667. The molecule has 0 saturated carbocycles. The Bertz CT molecular complexity index is 1310. The number of rotatable bonds is 4. The Morgan fingerprint density at radius 3 is 2.85 bits per heavy atom. The van der Waals surface area contributed by atoms with Crippen LogP contribution in [0.3, 0.4) is 0 Å². The van der Waals surface area contributed by atoms with E-state index in [0.717, 1.165) is 36.2 Å². The summed E-state index contributed by atoms with van der Waals surface area (Å²) >= 11 is 0. The predicted octanol–water partition coefficient (Wildman–Crippen LogP) is 3.15. The molecular weight excluding hydrogens is 432 g/mol. The van der Waals surface area contributed by atoms with E-state index < -0.39 is 11.7 Å². The predicted molar refractivity (Wildman–Crippen MR) is 130 cm³/mol. The van der Waals surface area contributed by atoms with Gasteiger partial charge in [-0.15, -0.1) is 0 Å². The molecule has 1 amide bonds. The highest BCUT2D eigenvalue weighted by Gasteiger charge is 2.27. The van der Waals surface area contributed by atoms with Gasteiger partial charge in [-0.1, -0.05) is 12.1 Å². The van der Waals surface area contributed by atoms with Gasteiger partial charge in [-0.2, -0.15) is 5.26 Å². The first-order valence-electron chi connectivity index (χ1n) is 11.4. The number of aromatic nitrogens is 3. The first-order valence-corrected chi connectivity index (χ1v) is 11.4. The number of carbonyl (C=O) groups excluding carboxylic acids is 1. The van der Waals surface area contributed by atoms with Crippen LogP contribution in [0, 0.1) is 11.3 Å². The van der Waals surface area contributed by atoms with Gasteiger partial charge < -0.3 is 15.0 Å². The first kappa shape index (κ1) is 23.4. The van der Waals surface area contributed by atoms with Crippen molar-refractivity contribution in [3.8, 4) is 6.07 Å². The summed E-state index contributed by atoms with van der Waals surface area (Å²) in [5.74, 6) is 0. The van der Waals surface area contributed by atoms with Gasteiger partial charge in [0.2, 0.25) is 0 Å². The summed E-state index contributed by atoms with van der Waals surface area (Å²) in [6, 6.07) is 11.3. The lowest BCUT2D eigenvalue weighted by Crippen LogP contribution is -2.49. The van der Waals surface area contributed by atoms with Crippen LogP contribution in [0.25, 0.3) is 11.2 Å². The number of fused-ring (bicyclic) bond motifs is 1. The summed E-state index contributed by atoms with van der Waals surface area (Å²) in [6.07, 6.45) is 3.04. The maximum Gasteiger partial charge on any atom is 0.407 e. The van der Waals surface area contributed by atoms with Crippen LogP contribution in [0.4, 0.5) is 10.5 Å². The molecule has 3 aromatic rings. The molecule has 178 valence electrons. The number of hydrogen-bond donors (Lipinski definition) is 1. The minimum Gasteiger partial charge on any atom is -0.444 e. The van der Waals surface area contributed by atoms with Crippen molar-refractivity contribution in [1.82, 2.24) is 19.4 Å². The average molecular weight is 463 g/mol. The zero-order chi connectivity index (χ0) is 24.5. The average Bonchev–Trinajstić information content (AvgIpc) is 3.03. The van der Waals surface area contributed by atoms with Crippen LogP contribution >= 0.6 is 0 Å². The van der Waals surface area contributed by atoms with Crippen LogP contribution in [-0.2, 0) is 18.3 Å². The molecule has 0 bridgehead atoms. The molecule has 34 heavy (non-hydrogen) atoms. The monoisotopic (exact) mass is 462 g/mol. The van der Waals surface area contributed by atoms with E-state index >= 15 is 0 Å². The number of nitrogens with zero attached hydrogens (tertiary/aromatic N) is 5. The second-order valence-corrected chi connectivity index (χ2v) is 9.67. The van der Waals surface area contributed by atoms with E-state index in [0.29, 0.717) is 24.3 Å². The molecule has 2 aromatic heterocycles. The molecule has 1 fully saturated rings. The van der Waals surface area contributed by atoms with Gasteiger partial charge >= 0.3 is 11.8 Å². The molecule has 9 nitrogen and oxygen atoms in total. The Kier molecular flexibility index (Phi) is 6.33. The van der Waals surface area contributed by atoms with Crippen LogP contribution < -0.4 is 15.9 Å². The third kappa shape index (κ3) is 4.91. The number of piperidine rings is 1. The molecule has 9 heteroatoms. The summed E-state index contributed by atoms with van der Waals surface area (Å²) in [5, 5.41) is 12.2. The standard InChI is InChI=1S/C25H30N6O3/c1-25(2,3)34-23(32)28-19-9-6-12-30(16-19)20-10-11-27-22-21(20)31(24(33)29(22)4)15-18-8-5-7-17(13-18)14-26/h5,7-8,10-11,13,19H,6,9,12,15-16H2,1-4H3,(H,28,32)/t19-/m1/s1. The van der Waals surface area contributed by atoms with E-state index in [1.807, 2.05) is 39.0 Å². The molecule has 0 spiro atoms. The lowest BCUT2D eigenvalue weighted by atomic mass is 10.0. The number of alkyl carbamates (subject to hydrolysis) is 1. The van der Waals surface area contributed by atoms with Gasteiger partial charge in [0.25, 0.3) is 0 Å². The molecule has 1 aliphatic rings. The number of benzene rings is 1. The fourth-order valence-corrected chi connectivity index (χ4v) is 4.42. The third-order valence-corrected chi connectivity index (χ3v) is 5.87. The Morgan fingerprint density at radius 1 is 1.32 bits per heavy atom. The molecule has 0 aliphatic carbocycles. The van der Waals surface area contributed by atoms with Crippen molar-refractivity contribution in [1.29, 1.82) is 5.26 Å². The Morgan fingerprint density at radius 2 is 2.12 bits per heavy atom. The molecular formula is C25H30N6O3. The Hall–Kier alpha value is -3.80. The van der Waals surface area contributed by atoms with Gasteiger partial charge in [-0.3, -0.25) is 9.13 Å². The summed E-state index contributed by atoms with van der Waals surface area (Å²) in [6.45, 7) is 7.26. The smallest absolute Gasteiger partial charge is 0.407 e. The number of hydrogen-bond acceptors (Lipinski definition) is 6. The fraction of sp³-hybridized carbons (Fsp3) is 0.440. The van der Waals surface area contributed by atoms with Crippen LogP contribution in [0.1, 0.15) is 44.7 Å². The van der Waals surface area contributed by atoms with Gasteiger partial charge in [-0.25, -0.2) is 14.6 Å². The zero-order valence-corrected chi connectivity index (χ0v) is 20.0. The summed E-state index contributed by atoms with van der Waals surface area (Å²) in [5.41, 5.74) is 2.94. The lowest BCUT2D eigenvalue weighted by molar-refractivity contribution is 0.0500. The molecule has 1 N–H and O–H groups in total. The van der Waals surface area contributed by atoms with E-state index in [-0.39, 0.29) is 11.7 Å². The van der Waals surface area contributed by atoms with E-state index in [9.17, 15) is 14.9 Å². The number of anilines is 1. The van der Waals surface area contributed by atoms with Crippen molar-refractivity contribution in [3.05, 3.63) is 58.1 Å². The molecule has 1 atom stereocenters. The van der Waals surface area contributed by atoms with Gasteiger partial charge in [0.1, 0.15) is 11.1 Å². The second kappa shape index (κ2) is 9.21. The van der Waals surface area contributed by atoms with Gasteiger partial charge in [0.05, 0.1) is 23.9 Å². The van der Waals surface area contributed by atoms with Crippen LogP contribution in [0.15, 0.2) is 41.3 Å². The van der Waals surface area contributed by atoms with Gasteiger partial charge in [0, 0.05) is 32.4 Å². The minimum atomic E-state index is -0.557. The molecule has 0 unspecified atom stereocenters. The lowest BCUT2D eigenvalue weighted by Gasteiger charge is -2.35. The molecule has 1 aromatic carbocycles. The highest BCUT2D eigenvalue weighted by Crippen LogP contribution is 2.28. The van der Waals surface area contributed by atoms with E-state index in [1.165, 1.54) is 0 Å². The maximum atomic E-state index is 13.2. The van der Waals surface area contributed by atoms with Crippen molar-refractivity contribution < 1.29 is 9.53 Å². The van der Waals surface area contributed by atoms with Gasteiger partial charge in [-0.05, 0) is 57.4 Å². The SMILES string of the molecule is Cn1c(=O)n(Cc2cccc(C#N)c2)c2c(N3CCC[C@@H](NC(=O)OC(C)(C)C)C3)ccnc21. The quantitative estimate of drug-likeness (QED) is 0.639. The van der Waals surface area contributed by atoms with Crippen molar-refractivity contribution in [2.24, 2.45) is 7.05 Å². The number of ether oxygens (including phenoxy) is 1. The number of nitrogens with one attached hydrogen (secondary N) is 1. The Balaban J connectivity index is 1.66. The summed E-state index contributed by atoms with van der Waals surface area (Å²) in [4.78, 5) is 32.1. The molecule has 1 saturated heterocycles. The van der Waals surface area contributed by atoms with E-state index in [1.54, 1.807) is 34.5 Å². The summed E-state index contributed by atoms with van der Waals surface area (Å²) in [7, 11) is 1.71. The normalized spacial score (nSPS) is 16.3. The molecule has 3 heterocycles. The van der Waals surface area contributed by atoms with Gasteiger partial charge in [0.15, 0.2) is 5.65 Å². The second-order valence-electron chi connectivity index (χ2n) is 9.67. The number of aryl methyl sites for hydroxylation is 1. The number of imidazole rings is 1. The van der Waals surface area contributed by atoms with Crippen molar-refractivity contribution in [3.63, 3.8) is 0 Å². The number of nitriles is 1. The maximum absolute atomic E-state index is 13.2. The molecule has 4 rings (SSSR count). The highest BCUT2D eigenvalue weighted by molar-refractivity contribution is 5.87. The highest BCUT2D eigenvalue weighted by atomic mass is 16.6. The fourth-order valence-electron chi connectivity index (χ4n) is 4.42. The van der Waals surface area contributed by atoms with Crippen molar-refractivity contribution >= 4 is 22.9 Å². The van der Waals surface area contributed by atoms with Crippen molar-refractivity contribution in [2.45, 2.75) is 51.8 Å². The topological polar surface area (TPSA) is 105 Å². The molecule has 1 aliphatic heterocycles.